The lowest BCUT2D eigenvalue weighted by atomic mass is 10.1. The molecule has 1 unspecified atom stereocenters. The SMILES string of the molecule is O=S1(=O)CCC(NC(=S)NCCc2ccccc2)C1. The van der Waals surface area contributed by atoms with Crippen LogP contribution in [-0.2, 0) is 16.3 Å². The second kappa shape index (κ2) is 6.34. The van der Waals surface area contributed by atoms with Crippen LogP contribution >= 0.6 is 12.2 Å². The summed E-state index contributed by atoms with van der Waals surface area (Å²) >= 11 is 5.16. The van der Waals surface area contributed by atoms with Crippen LogP contribution in [0.1, 0.15) is 12.0 Å². The van der Waals surface area contributed by atoms with E-state index in [1.807, 2.05) is 18.2 Å². The van der Waals surface area contributed by atoms with Gasteiger partial charge in [0.1, 0.15) is 0 Å². The molecule has 1 atom stereocenters. The number of hydrogen-bond acceptors (Lipinski definition) is 3. The summed E-state index contributed by atoms with van der Waals surface area (Å²) in [6.45, 7) is 0.745. The van der Waals surface area contributed by atoms with Crippen molar-refractivity contribution in [3.8, 4) is 0 Å². The Kier molecular flexibility index (Phi) is 4.76. The first-order valence-corrected chi connectivity index (χ1v) is 8.57. The maximum Gasteiger partial charge on any atom is 0.166 e. The van der Waals surface area contributed by atoms with Crippen molar-refractivity contribution in [1.82, 2.24) is 10.6 Å². The molecule has 1 aromatic carbocycles. The van der Waals surface area contributed by atoms with E-state index < -0.39 is 9.84 Å². The first kappa shape index (κ1) is 14.3. The van der Waals surface area contributed by atoms with E-state index in [1.54, 1.807) is 0 Å². The zero-order valence-corrected chi connectivity index (χ0v) is 12.3. The van der Waals surface area contributed by atoms with Crippen molar-refractivity contribution in [2.45, 2.75) is 18.9 Å². The van der Waals surface area contributed by atoms with Gasteiger partial charge in [-0.3, -0.25) is 0 Å². The summed E-state index contributed by atoms with van der Waals surface area (Å²) in [4.78, 5) is 0. The van der Waals surface area contributed by atoms with Crippen molar-refractivity contribution < 1.29 is 8.42 Å². The van der Waals surface area contributed by atoms with Gasteiger partial charge in [0.25, 0.3) is 0 Å². The molecule has 0 aromatic heterocycles. The lowest BCUT2D eigenvalue weighted by Crippen LogP contribution is -2.43. The van der Waals surface area contributed by atoms with Crippen LogP contribution in [0.15, 0.2) is 30.3 Å². The molecule has 0 spiro atoms. The van der Waals surface area contributed by atoms with Gasteiger partial charge >= 0.3 is 0 Å². The molecule has 1 fully saturated rings. The Balaban J connectivity index is 1.68. The second-order valence-corrected chi connectivity index (χ2v) is 7.37. The fourth-order valence-electron chi connectivity index (χ4n) is 2.11. The molecule has 0 bridgehead atoms. The van der Waals surface area contributed by atoms with E-state index in [2.05, 4.69) is 22.8 Å². The van der Waals surface area contributed by atoms with Gasteiger partial charge in [0.05, 0.1) is 11.5 Å². The number of benzene rings is 1. The van der Waals surface area contributed by atoms with Gasteiger partial charge in [0.15, 0.2) is 14.9 Å². The molecule has 1 heterocycles. The maximum absolute atomic E-state index is 11.3. The largest absolute Gasteiger partial charge is 0.362 e. The van der Waals surface area contributed by atoms with Crippen molar-refractivity contribution in [2.24, 2.45) is 0 Å². The summed E-state index contributed by atoms with van der Waals surface area (Å²) in [5, 5.41) is 6.71. The maximum atomic E-state index is 11.3. The van der Waals surface area contributed by atoms with Crippen LogP contribution in [0.3, 0.4) is 0 Å². The first-order valence-electron chi connectivity index (χ1n) is 6.34. The van der Waals surface area contributed by atoms with E-state index >= 15 is 0 Å². The predicted molar refractivity (Wildman–Crippen MR) is 80.9 cm³/mol. The van der Waals surface area contributed by atoms with E-state index in [0.717, 1.165) is 13.0 Å². The summed E-state index contributed by atoms with van der Waals surface area (Å²) in [5.74, 6) is 0.449. The van der Waals surface area contributed by atoms with Gasteiger partial charge in [0, 0.05) is 12.6 Å². The van der Waals surface area contributed by atoms with E-state index in [9.17, 15) is 8.42 Å². The Bertz CT molecular complexity index is 529. The van der Waals surface area contributed by atoms with Gasteiger partial charge in [-0.05, 0) is 30.6 Å². The lowest BCUT2D eigenvalue weighted by molar-refractivity contribution is 0.600. The van der Waals surface area contributed by atoms with Crippen LogP contribution in [-0.4, -0.2) is 37.6 Å². The highest BCUT2D eigenvalue weighted by Gasteiger charge is 2.27. The Labute approximate surface area is 119 Å². The average molecular weight is 298 g/mol. The molecule has 104 valence electrons. The van der Waals surface area contributed by atoms with Gasteiger partial charge in [0.2, 0.25) is 0 Å². The summed E-state index contributed by atoms with van der Waals surface area (Å²) in [5.41, 5.74) is 1.25. The van der Waals surface area contributed by atoms with Crippen LogP contribution < -0.4 is 10.6 Å². The fraction of sp³-hybridized carbons (Fsp3) is 0.462. The molecule has 1 aliphatic heterocycles. The highest BCUT2D eigenvalue weighted by molar-refractivity contribution is 7.91. The Morgan fingerprint density at radius 1 is 1.32 bits per heavy atom. The summed E-state index contributed by atoms with van der Waals surface area (Å²) in [7, 11) is -2.85. The second-order valence-electron chi connectivity index (χ2n) is 4.74. The van der Waals surface area contributed by atoms with Gasteiger partial charge in [-0.15, -0.1) is 0 Å². The van der Waals surface area contributed by atoms with Crippen LogP contribution in [0.2, 0.25) is 0 Å². The van der Waals surface area contributed by atoms with Gasteiger partial charge in [-0.1, -0.05) is 30.3 Å². The number of hydrogen-bond donors (Lipinski definition) is 2. The van der Waals surface area contributed by atoms with Crippen LogP contribution in [0.4, 0.5) is 0 Å². The average Bonchev–Trinajstić information content (AvgIpc) is 2.70. The number of nitrogens with one attached hydrogen (secondary N) is 2. The summed E-state index contributed by atoms with van der Waals surface area (Å²) in [6.07, 6.45) is 1.54. The third-order valence-corrected chi connectivity index (χ3v) is 5.14. The molecule has 0 radical (unpaired) electrons. The van der Waals surface area contributed by atoms with E-state index in [-0.39, 0.29) is 17.5 Å². The Morgan fingerprint density at radius 2 is 2.05 bits per heavy atom. The van der Waals surface area contributed by atoms with Gasteiger partial charge < -0.3 is 10.6 Å². The minimum atomic E-state index is -2.85. The van der Waals surface area contributed by atoms with Crippen LogP contribution in [0, 0.1) is 0 Å². The minimum absolute atomic E-state index is 0.0401. The van der Waals surface area contributed by atoms with E-state index in [1.165, 1.54) is 5.56 Å². The molecule has 1 aliphatic rings. The molecule has 2 rings (SSSR count). The number of thiocarbonyl (C=S) groups is 1. The molecular weight excluding hydrogens is 280 g/mol. The van der Waals surface area contributed by atoms with Crippen molar-refractivity contribution in [3.63, 3.8) is 0 Å². The molecule has 0 aliphatic carbocycles. The Morgan fingerprint density at radius 3 is 2.68 bits per heavy atom. The third-order valence-electron chi connectivity index (χ3n) is 3.11. The van der Waals surface area contributed by atoms with Crippen molar-refractivity contribution in [3.05, 3.63) is 35.9 Å². The molecule has 19 heavy (non-hydrogen) atoms. The fourth-order valence-corrected chi connectivity index (χ4v) is 4.05. The highest BCUT2D eigenvalue weighted by atomic mass is 32.2. The molecule has 6 heteroatoms. The van der Waals surface area contributed by atoms with Crippen molar-refractivity contribution in [1.29, 1.82) is 0 Å². The quantitative estimate of drug-likeness (QED) is 0.808. The molecule has 1 aromatic rings. The van der Waals surface area contributed by atoms with Crippen molar-refractivity contribution >= 4 is 27.2 Å². The normalized spacial score (nSPS) is 20.9. The van der Waals surface area contributed by atoms with Crippen LogP contribution in [0.5, 0.6) is 0 Å². The smallest absolute Gasteiger partial charge is 0.166 e. The number of rotatable bonds is 4. The third kappa shape index (κ3) is 4.80. The van der Waals surface area contributed by atoms with Gasteiger partial charge in [-0.25, -0.2) is 8.42 Å². The summed E-state index contributed by atoms with van der Waals surface area (Å²) in [6, 6.07) is 10.1. The first-order chi connectivity index (χ1) is 9.05. The van der Waals surface area contributed by atoms with Crippen LogP contribution in [0.25, 0.3) is 0 Å². The van der Waals surface area contributed by atoms with E-state index in [4.69, 9.17) is 12.2 Å². The van der Waals surface area contributed by atoms with Crippen molar-refractivity contribution in [2.75, 3.05) is 18.1 Å². The molecule has 2 N–H and O–H groups in total. The molecular formula is C13H18N2O2S2. The standard InChI is InChI=1S/C13H18N2O2S2/c16-19(17)9-7-12(10-19)15-13(18)14-8-6-11-4-2-1-3-5-11/h1-5,12H,6-10H2,(H2,14,15,18). The monoisotopic (exact) mass is 298 g/mol. The lowest BCUT2D eigenvalue weighted by Gasteiger charge is -2.14. The summed E-state index contributed by atoms with van der Waals surface area (Å²) < 4.78 is 22.6. The molecule has 0 amide bonds. The molecule has 0 saturated carbocycles. The highest BCUT2D eigenvalue weighted by Crippen LogP contribution is 2.10. The number of sulfone groups is 1. The molecule has 1 saturated heterocycles. The Hall–Kier alpha value is -1.14. The predicted octanol–water partition coefficient (Wildman–Crippen LogP) is 0.880. The molecule has 4 nitrogen and oxygen atoms in total. The topological polar surface area (TPSA) is 58.2 Å². The zero-order valence-electron chi connectivity index (χ0n) is 10.6. The zero-order chi connectivity index (χ0) is 13.7. The van der Waals surface area contributed by atoms with E-state index in [0.29, 0.717) is 11.5 Å². The van der Waals surface area contributed by atoms with Gasteiger partial charge in [-0.2, -0.15) is 0 Å². The minimum Gasteiger partial charge on any atom is -0.362 e.